The van der Waals surface area contributed by atoms with E-state index < -0.39 is 5.97 Å². The van der Waals surface area contributed by atoms with Gasteiger partial charge >= 0.3 is 5.97 Å². The third kappa shape index (κ3) is 4.35. The number of para-hydroxylation sites is 1. The molecule has 2 aromatic carbocycles. The van der Waals surface area contributed by atoms with Crippen LogP contribution in [0, 0.1) is 6.92 Å². The van der Waals surface area contributed by atoms with Gasteiger partial charge in [-0.2, -0.15) is 0 Å². The topological polar surface area (TPSA) is 99.0 Å². The molecule has 0 atom stereocenters. The number of carbonyl (C=O) groups excluding carboxylic acids is 2. The van der Waals surface area contributed by atoms with Crippen LogP contribution in [0.15, 0.2) is 48.8 Å². The molecule has 1 N–H and O–H groups in total. The molecule has 1 aromatic heterocycles. The van der Waals surface area contributed by atoms with E-state index in [0.29, 0.717) is 11.3 Å². The molecule has 0 fully saturated rings. The van der Waals surface area contributed by atoms with Crippen molar-refractivity contribution in [1.29, 1.82) is 0 Å². The molecule has 27 heavy (non-hydrogen) atoms. The van der Waals surface area contributed by atoms with Crippen LogP contribution in [0.4, 0.5) is 5.69 Å². The van der Waals surface area contributed by atoms with Crippen molar-refractivity contribution >= 4 is 17.6 Å². The fourth-order valence-electron chi connectivity index (χ4n) is 2.65. The number of amides is 1. The maximum atomic E-state index is 12.3. The highest BCUT2D eigenvalue weighted by atomic mass is 16.5. The lowest BCUT2D eigenvalue weighted by Gasteiger charge is -2.13. The molecule has 0 saturated heterocycles. The Morgan fingerprint density at radius 2 is 2.00 bits per heavy atom. The van der Waals surface area contributed by atoms with Crippen LogP contribution >= 0.6 is 0 Å². The van der Waals surface area contributed by atoms with E-state index >= 15 is 0 Å². The van der Waals surface area contributed by atoms with E-state index in [1.807, 2.05) is 32.0 Å². The minimum atomic E-state index is -0.597. The van der Waals surface area contributed by atoms with Gasteiger partial charge in [-0.1, -0.05) is 31.2 Å². The maximum absolute atomic E-state index is 12.3. The number of anilines is 1. The van der Waals surface area contributed by atoms with Crippen molar-refractivity contribution in [2.75, 3.05) is 11.9 Å². The van der Waals surface area contributed by atoms with Gasteiger partial charge in [0.1, 0.15) is 6.33 Å². The van der Waals surface area contributed by atoms with Crippen molar-refractivity contribution in [3.05, 3.63) is 65.5 Å². The van der Waals surface area contributed by atoms with Crippen LogP contribution in [0.5, 0.6) is 0 Å². The summed E-state index contributed by atoms with van der Waals surface area (Å²) >= 11 is 0. The quantitative estimate of drug-likeness (QED) is 0.673. The molecule has 0 saturated carbocycles. The van der Waals surface area contributed by atoms with Gasteiger partial charge in [-0.15, -0.1) is 5.10 Å². The first-order valence-corrected chi connectivity index (χ1v) is 8.47. The summed E-state index contributed by atoms with van der Waals surface area (Å²) in [6, 6.07) is 12.5. The zero-order valence-electron chi connectivity index (χ0n) is 15.0. The summed E-state index contributed by atoms with van der Waals surface area (Å²) in [5.74, 6) is -0.982. The monoisotopic (exact) mass is 365 g/mol. The first-order chi connectivity index (χ1) is 13.1. The molecule has 0 radical (unpaired) electrons. The second-order valence-electron chi connectivity index (χ2n) is 5.89. The maximum Gasteiger partial charge on any atom is 0.338 e. The van der Waals surface area contributed by atoms with Crippen LogP contribution < -0.4 is 5.32 Å². The summed E-state index contributed by atoms with van der Waals surface area (Å²) in [5.41, 5.74) is 3.68. The van der Waals surface area contributed by atoms with E-state index in [4.69, 9.17) is 4.74 Å². The van der Waals surface area contributed by atoms with Crippen molar-refractivity contribution in [2.24, 2.45) is 0 Å². The molecule has 0 unspecified atom stereocenters. The van der Waals surface area contributed by atoms with Crippen LogP contribution in [0.3, 0.4) is 0 Å². The summed E-state index contributed by atoms with van der Waals surface area (Å²) in [5, 5.41) is 13.7. The third-order valence-corrected chi connectivity index (χ3v) is 4.03. The highest BCUT2D eigenvalue weighted by molar-refractivity contribution is 5.96. The highest BCUT2D eigenvalue weighted by Gasteiger charge is 2.13. The van der Waals surface area contributed by atoms with Gasteiger partial charge < -0.3 is 10.1 Å². The fourth-order valence-corrected chi connectivity index (χ4v) is 2.65. The minimum Gasteiger partial charge on any atom is -0.452 e. The Kier molecular flexibility index (Phi) is 5.55. The Hall–Kier alpha value is -3.55. The fraction of sp³-hybridized carbons (Fsp3) is 0.211. The Labute approximate surface area is 156 Å². The summed E-state index contributed by atoms with van der Waals surface area (Å²) < 4.78 is 6.56. The zero-order valence-corrected chi connectivity index (χ0v) is 15.0. The number of hydrogen-bond acceptors (Lipinski definition) is 6. The van der Waals surface area contributed by atoms with Gasteiger partial charge in [-0.3, -0.25) is 4.79 Å². The molecule has 0 aliphatic rings. The second-order valence-corrected chi connectivity index (χ2v) is 5.89. The Morgan fingerprint density at radius 1 is 1.19 bits per heavy atom. The number of tetrazole rings is 1. The molecule has 3 aromatic rings. The first-order valence-electron chi connectivity index (χ1n) is 8.47. The van der Waals surface area contributed by atoms with Crippen LogP contribution in [0.1, 0.15) is 28.4 Å². The SMILES string of the molecule is CCc1cccc(C)c1NC(=O)COC(=O)c1cccc(-n2cnnn2)c1. The molecular formula is C19H19N5O3. The zero-order chi connectivity index (χ0) is 19.2. The van der Waals surface area contributed by atoms with Crippen molar-refractivity contribution < 1.29 is 14.3 Å². The molecule has 3 rings (SSSR count). The van der Waals surface area contributed by atoms with Gasteiger partial charge in [0, 0.05) is 5.69 Å². The van der Waals surface area contributed by atoms with E-state index in [-0.39, 0.29) is 12.5 Å². The molecule has 8 heteroatoms. The number of aryl methyl sites for hydroxylation is 2. The number of ether oxygens (including phenoxy) is 1. The Bertz CT molecular complexity index is 954. The highest BCUT2D eigenvalue weighted by Crippen LogP contribution is 2.21. The van der Waals surface area contributed by atoms with Crippen LogP contribution in [0.25, 0.3) is 5.69 Å². The number of nitrogens with one attached hydrogen (secondary N) is 1. The van der Waals surface area contributed by atoms with E-state index in [0.717, 1.165) is 23.2 Å². The molecule has 1 heterocycles. The minimum absolute atomic E-state index is 0.306. The Morgan fingerprint density at radius 3 is 2.74 bits per heavy atom. The second kappa shape index (κ2) is 8.22. The van der Waals surface area contributed by atoms with Gasteiger partial charge in [-0.05, 0) is 53.1 Å². The average molecular weight is 365 g/mol. The number of rotatable bonds is 6. The van der Waals surface area contributed by atoms with Gasteiger partial charge in [-0.25, -0.2) is 9.48 Å². The number of hydrogen-bond donors (Lipinski definition) is 1. The smallest absolute Gasteiger partial charge is 0.338 e. The Balaban J connectivity index is 1.63. The van der Waals surface area contributed by atoms with E-state index in [9.17, 15) is 9.59 Å². The number of aromatic nitrogens is 4. The summed E-state index contributed by atoms with van der Waals surface area (Å²) in [6.07, 6.45) is 2.21. The third-order valence-electron chi connectivity index (χ3n) is 4.03. The molecular weight excluding hydrogens is 346 g/mol. The largest absolute Gasteiger partial charge is 0.452 e. The van der Waals surface area contributed by atoms with Gasteiger partial charge in [0.2, 0.25) is 0 Å². The van der Waals surface area contributed by atoms with Crippen molar-refractivity contribution in [3.63, 3.8) is 0 Å². The molecule has 8 nitrogen and oxygen atoms in total. The van der Waals surface area contributed by atoms with Gasteiger partial charge in [0.25, 0.3) is 5.91 Å². The number of benzene rings is 2. The van der Waals surface area contributed by atoms with Crippen LogP contribution in [-0.2, 0) is 16.0 Å². The number of carbonyl (C=O) groups is 2. The summed E-state index contributed by atoms with van der Waals surface area (Å²) in [4.78, 5) is 24.5. The molecule has 0 bridgehead atoms. The summed E-state index contributed by atoms with van der Waals surface area (Å²) in [6.45, 7) is 3.57. The van der Waals surface area contributed by atoms with Crippen molar-refractivity contribution in [2.45, 2.75) is 20.3 Å². The normalized spacial score (nSPS) is 10.4. The summed E-state index contributed by atoms with van der Waals surface area (Å²) in [7, 11) is 0. The number of nitrogens with zero attached hydrogens (tertiary/aromatic N) is 4. The van der Waals surface area contributed by atoms with Crippen LogP contribution in [0.2, 0.25) is 0 Å². The molecule has 1 amide bonds. The van der Waals surface area contributed by atoms with Gasteiger partial charge in [0.15, 0.2) is 6.61 Å². The lowest BCUT2D eigenvalue weighted by Crippen LogP contribution is -2.22. The van der Waals surface area contributed by atoms with Crippen LogP contribution in [-0.4, -0.2) is 38.7 Å². The predicted molar refractivity (Wildman–Crippen MR) is 98.6 cm³/mol. The van der Waals surface area contributed by atoms with Gasteiger partial charge in [0.05, 0.1) is 11.3 Å². The molecule has 0 aliphatic heterocycles. The first kappa shape index (κ1) is 18.2. The van der Waals surface area contributed by atoms with E-state index in [2.05, 4.69) is 20.8 Å². The van der Waals surface area contributed by atoms with E-state index in [1.54, 1.807) is 24.3 Å². The molecule has 138 valence electrons. The predicted octanol–water partition coefficient (Wildman–Crippen LogP) is 2.33. The van der Waals surface area contributed by atoms with Crippen molar-refractivity contribution in [3.8, 4) is 5.69 Å². The average Bonchev–Trinajstić information content (AvgIpc) is 3.22. The standard InChI is InChI=1S/C19H19N5O3/c1-3-14-7-4-6-13(2)18(14)21-17(25)11-27-19(26)15-8-5-9-16(10-15)24-12-20-22-23-24/h4-10,12H,3,11H2,1-2H3,(H,21,25). The molecule has 0 spiro atoms. The lowest BCUT2D eigenvalue weighted by atomic mass is 10.1. The lowest BCUT2D eigenvalue weighted by molar-refractivity contribution is -0.119. The number of esters is 1. The van der Waals surface area contributed by atoms with E-state index in [1.165, 1.54) is 11.0 Å². The van der Waals surface area contributed by atoms with Crippen molar-refractivity contribution in [1.82, 2.24) is 20.2 Å². The molecule has 0 aliphatic carbocycles.